The number of amides is 1. The summed E-state index contributed by atoms with van der Waals surface area (Å²) < 4.78 is 9.05. The number of rotatable bonds is 3. The fourth-order valence-corrected chi connectivity index (χ4v) is 0.906. The molecule has 0 aliphatic carbocycles. The van der Waals surface area contributed by atoms with E-state index in [1.54, 1.807) is 6.92 Å². The van der Waals surface area contributed by atoms with Crippen LogP contribution in [0.4, 0.5) is 4.79 Å². The van der Waals surface area contributed by atoms with Crippen molar-refractivity contribution in [3.05, 3.63) is 0 Å². The summed E-state index contributed by atoms with van der Waals surface area (Å²) in [5.74, 6) is -0.577. The molecular weight excluding hydrogens is 186 g/mol. The Balaban J connectivity index is 4.73. The highest BCUT2D eigenvalue weighted by atomic mass is 16.5. The minimum atomic E-state index is -1.05. The van der Waals surface area contributed by atoms with Crippen LogP contribution in [0.5, 0.6) is 0 Å². The zero-order valence-corrected chi connectivity index (χ0v) is 9.21. The number of esters is 1. The number of nitrogens with one attached hydrogen (secondary N) is 1. The van der Waals surface area contributed by atoms with E-state index in [-0.39, 0.29) is 5.92 Å². The zero-order valence-electron chi connectivity index (χ0n) is 9.21. The van der Waals surface area contributed by atoms with Gasteiger partial charge in [0, 0.05) is 0 Å². The molecule has 0 heterocycles. The molecule has 1 N–H and O–H groups in total. The monoisotopic (exact) mass is 203 g/mol. The molecule has 14 heavy (non-hydrogen) atoms. The van der Waals surface area contributed by atoms with E-state index in [0.29, 0.717) is 0 Å². The molecule has 5 heteroatoms. The maximum Gasteiger partial charge on any atom is 0.407 e. The summed E-state index contributed by atoms with van der Waals surface area (Å²) in [6.07, 6.45) is -0.647. The number of ether oxygens (including phenoxy) is 2. The molecule has 1 atom stereocenters. The van der Waals surface area contributed by atoms with Gasteiger partial charge in [0.1, 0.15) is 5.54 Å². The molecule has 0 aromatic rings. The lowest BCUT2D eigenvalue weighted by Crippen LogP contribution is -2.56. The second-order valence-corrected chi connectivity index (χ2v) is 3.47. The summed E-state index contributed by atoms with van der Waals surface area (Å²) in [6, 6.07) is 0. The summed E-state index contributed by atoms with van der Waals surface area (Å²) in [7, 11) is 2.52. The first kappa shape index (κ1) is 12.7. The summed E-state index contributed by atoms with van der Waals surface area (Å²) in [6.45, 7) is 5.22. The van der Waals surface area contributed by atoms with E-state index in [0.717, 1.165) is 0 Å². The Labute approximate surface area is 83.8 Å². The standard InChI is InChI=1S/C9H17NO4/c1-6(2)9(3,7(11)13-4)10-8(12)14-5/h6H,1-5H3,(H,10,12). The largest absolute Gasteiger partial charge is 0.467 e. The van der Waals surface area contributed by atoms with Gasteiger partial charge in [-0.2, -0.15) is 0 Å². The highest BCUT2D eigenvalue weighted by Gasteiger charge is 2.39. The molecule has 0 bridgehead atoms. The summed E-state index contributed by atoms with van der Waals surface area (Å²) in [5, 5.41) is 2.46. The van der Waals surface area contributed by atoms with Gasteiger partial charge in [0.25, 0.3) is 0 Å². The molecule has 0 aromatic carbocycles. The zero-order chi connectivity index (χ0) is 11.4. The third-order valence-electron chi connectivity index (χ3n) is 2.31. The molecule has 0 aliphatic heterocycles. The Bertz CT molecular complexity index is 227. The van der Waals surface area contributed by atoms with Crippen LogP contribution in [0.3, 0.4) is 0 Å². The van der Waals surface area contributed by atoms with Crippen molar-refractivity contribution in [2.45, 2.75) is 26.3 Å². The molecule has 0 aromatic heterocycles. The van der Waals surface area contributed by atoms with Crippen LogP contribution in [0.25, 0.3) is 0 Å². The minimum Gasteiger partial charge on any atom is -0.467 e. The van der Waals surface area contributed by atoms with Gasteiger partial charge in [0.15, 0.2) is 0 Å². The van der Waals surface area contributed by atoms with Gasteiger partial charge in [-0.1, -0.05) is 13.8 Å². The Hall–Kier alpha value is -1.26. The summed E-state index contributed by atoms with van der Waals surface area (Å²) in [5.41, 5.74) is -1.05. The van der Waals surface area contributed by atoms with Crippen LogP contribution in [0, 0.1) is 5.92 Å². The molecule has 0 spiro atoms. The molecule has 0 fully saturated rings. The topological polar surface area (TPSA) is 64.6 Å². The molecule has 0 radical (unpaired) electrons. The minimum absolute atomic E-state index is 0.0888. The number of hydrogen-bond donors (Lipinski definition) is 1. The van der Waals surface area contributed by atoms with E-state index >= 15 is 0 Å². The van der Waals surface area contributed by atoms with Gasteiger partial charge in [-0.25, -0.2) is 9.59 Å². The van der Waals surface area contributed by atoms with Gasteiger partial charge >= 0.3 is 12.1 Å². The van der Waals surface area contributed by atoms with Gasteiger partial charge in [-0.15, -0.1) is 0 Å². The Morgan fingerprint density at radius 2 is 1.71 bits per heavy atom. The first-order valence-corrected chi connectivity index (χ1v) is 4.33. The van der Waals surface area contributed by atoms with Crippen LogP contribution in [-0.4, -0.2) is 31.8 Å². The van der Waals surface area contributed by atoms with Crippen molar-refractivity contribution in [3.63, 3.8) is 0 Å². The van der Waals surface area contributed by atoms with Gasteiger partial charge in [0.2, 0.25) is 0 Å². The molecule has 0 rings (SSSR count). The Kier molecular flexibility index (Phi) is 4.40. The maximum atomic E-state index is 11.4. The molecule has 5 nitrogen and oxygen atoms in total. The summed E-state index contributed by atoms with van der Waals surface area (Å²) in [4.78, 5) is 22.4. The van der Waals surface area contributed by atoms with Crippen molar-refractivity contribution >= 4 is 12.1 Å². The average Bonchev–Trinajstić information content (AvgIpc) is 2.15. The van der Waals surface area contributed by atoms with E-state index in [9.17, 15) is 9.59 Å². The average molecular weight is 203 g/mol. The second kappa shape index (κ2) is 4.83. The number of hydrogen-bond acceptors (Lipinski definition) is 4. The SMILES string of the molecule is COC(=O)NC(C)(C(=O)OC)C(C)C. The number of alkyl carbamates (subject to hydrolysis) is 1. The predicted molar refractivity (Wildman–Crippen MR) is 50.8 cm³/mol. The van der Waals surface area contributed by atoms with Crippen molar-refractivity contribution < 1.29 is 19.1 Å². The van der Waals surface area contributed by atoms with Crippen molar-refractivity contribution in [3.8, 4) is 0 Å². The lowest BCUT2D eigenvalue weighted by atomic mass is 9.89. The van der Waals surface area contributed by atoms with E-state index < -0.39 is 17.6 Å². The Morgan fingerprint density at radius 1 is 1.21 bits per heavy atom. The second-order valence-electron chi connectivity index (χ2n) is 3.47. The highest BCUT2D eigenvalue weighted by Crippen LogP contribution is 2.18. The van der Waals surface area contributed by atoms with E-state index in [4.69, 9.17) is 0 Å². The maximum absolute atomic E-state index is 11.4. The first-order chi connectivity index (χ1) is 6.38. The fraction of sp³-hybridized carbons (Fsp3) is 0.778. The molecule has 0 saturated heterocycles. The smallest absolute Gasteiger partial charge is 0.407 e. The normalized spacial score (nSPS) is 14.4. The summed E-state index contributed by atoms with van der Waals surface area (Å²) >= 11 is 0. The van der Waals surface area contributed by atoms with Gasteiger partial charge in [-0.3, -0.25) is 0 Å². The fourth-order valence-electron chi connectivity index (χ4n) is 0.906. The number of carbonyl (C=O) groups excluding carboxylic acids is 2. The van der Waals surface area contributed by atoms with Crippen molar-refractivity contribution in [2.75, 3.05) is 14.2 Å². The van der Waals surface area contributed by atoms with Crippen LogP contribution >= 0.6 is 0 Å². The van der Waals surface area contributed by atoms with Crippen LogP contribution in [0.15, 0.2) is 0 Å². The van der Waals surface area contributed by atoms with Gasteiger partial charge < -0.3 is 14.8 Å². The lowest BCUT2D eigenvalue weighted by Gasteiger charge is -2.30. The van der Waals surface area contributed by atoms with Gasteiger partial charge in [-0.05, 0) is 12.8 Å². The van der Waals surface area contributed by atoms with E-state index in [1.165, 1.54) is 14.2 Å². The predicted octanol–water partition coefficient (Wildman–Crippen LogP) is 0.930. The van der Waals surface area contributed by atoms with Crippen LogP contribution < -0.4 is 5.32 Å². The molecule has 1 unspecified atom stereocenters. The molecule has 0 saturated carbocycles. The van der Waals surface area contributed by atoms with Crippen molar-refractivity contribution in [1.82, 2.24) is 5.32 Å². The lowest BCUT2D eigenvalue weighted by molar-refractivity contribution is -0.149. The third-order valence-corrected chi connectivity index (χ3v) is 2.31. The number of carbonyl (C=O) groups is 2. The highest BCUT2D eigenvalue weighted by molar-refractivity contribution is 5.85. The quantitative estimate of drug-likeness (QED) is 0.693. The molecule has 0 aliphatic rings. The van der Waals surface area contributed by atoms with Crippen molar-refractivity contribution in [1.29, 1.82) is 0 Å². The number of methoxy groups -OCH3 is 2. The molecule has 82 valence electrons. The first-order valence-electron chi connectivity index (χ1n) is 4.33. The Morgan fingerprint density at radius 3 is 2.00 bits per heavy atom. The van der Waals surface area contributed by atoms with Crippen LogP contribution in [0.2, 0.25) is 0 Å². The van der Waals surface area contributed by atoms with Crippen LogP contribution in [-0.2, 0) is 14.3 Å². The van der Waals surface area contributed by atoms with Crippen molar-refractivity contribution in [2.24, 2.45) is 5.92 Å². The molecule has 1 amide bonds. The van der Waals surface area contributed by atoms with E-state index in [2.05, 4.69) is 14.8 Å². The van der Waals surface area contributed by atoms with E-state index in [1.807, 2.05) is 13.8 Å². The molecular formula is C9H17NO4. The third kappa shape index (κ3) is 2.61. The van der Waals surface area contributed by atoms with Crippen LogP contribution in [0.1, 0.15) is 20.8 Å². The van der Waals surface area contributed by atoms with Gasteiger partial charge in [0.05, 0.1) is 14.2 Å².